The van der Waals surface area contributed by atoms with Crippen LogP contribution in [0.5, 0.6) is 0 Å². The normalized spacial score (nSPS) is 13.8. The average molecular weight is 186 g/mol. The molecule has 68 valence electrons. The first-order valence-corrected chi connectivity index (χ1v) is 5.47. The average Bonchev–Trinajstić information content (AvgIpc) is 1.97. The lowest BCUT2D eigenvalue weighted by Gasteiger charge is -1.94. The molecule has 0 rings (SSSR count). The van der Waals surface area contributed by atoms with E-state index in [1.54, 1.807) is 6.08 Å². The van der Waals surface area contributed by atoms with Crippen LogP contribution in [0.25, 0.3) is 0 Å². The molecule has 12 heavy (non-hydrogen) atoms. The minimum Gasteiger partial charge on any atom is -0.224 e. The van der Waals surface area contributed by atoms with Crippen LogP contribution >= 0.6 is 0 Å². The summed E-state index contributed by atoms with van der Waals surface area (Å²) in [5.74, 6) is 0. The second kappa shape index (κ2) is 4.26. The standard InChI is InChI=1S/C9H14O2S/c1-5-8(2)6-7-9(3)12(4,10)11/h5-7H,3H2,1-2,4H3/b7-6-,8-5-. The molecule has 0 amide bonds. The van der Waals surface area contributed by atoms with E-state index in [1.165, 1.54) is 6.08 Å². The van der Waals surface area contributed by atoms with E-state index in [9.17, 15) is 8.42 Å². The summed E-state index contributed by atoms with van der Waals surface area (Å²) in [7, 11) is -3.12. The predicted octanol–water partition coefficient (Wildman–Crippen LogP) is 2.07. The monoisotopic (exact) mass is 186 g/mol. The minimum absolute atomic E-state index is 0.142. The van der Waals surface area contributed by atoms with Gasteiger partial charge in [-0.1, -0.05) is 24.3 Å². The molecule has 0 aliphatic heterocycles. The molecule has 0 unspecified atom stereocenters. The van der Waals surface area contributed by atoms with Crippen molar-refractivity contribution in [1.29, 1.82) is 0 Å². The highest BCUT2D eigenvalue weighted by Crippen LogP contribution is 2.04. The van der Waals surface area contributed by atoms with Crippen molar-refractivity contribution in [2.75, 3.05) is 6.26 Å². The van der Waals surface area contributed by atoms with Gasteiger partial charge in [0, 0.05) is 6.26 Å². The van der Waals surface area contributed by atoms with Crippen LogP contribution in [-0.4, -0.2) is 14.7 Å². The molecule has 0 atom stereocenters. The number of sulfone groups is 1. The number of hydrogen-bond donors (Lipinski definition) is 0. The maximum Gasteiger partial charge on any atom is 0.174 e. The Hall–Kier alpha value is -0.830. The fourth-order valence-corrected chi connectivity index (χ4v) is 0.759. The fourth-order valence-electron chi connectivity index (χ4n) is 0.444. The molecule has 0 aromatic heterocycles. The van der Waals surface area contributed by atoms with Crippen LogP contribution in [0.15, 0.2) is 35.3 Å². The molecular weight excluding hydrogens is 172 g/mol. The van der Waals surface area contributed by atoms with Crippen molar-refractivity contribution >= 4 is 9.84 Å². The molecule has 0 radical (unpaired) electrons. The molecule has 3 heteroatoms. The summed E-state index contributed by atoms with van der Waals surface area (Å²) in [6.45, 7) is 7.22. The second-order valence-corrected chi connectivity index (χ2v) is 4.67. The summed E-state index contributed by atoms with van der Waals surface area (Å²) in [6.07, 6.45) is 6.27. The van der Waals surface area contributed by atoms with Crippen LogP contribution in [0.4, 0.5) is 0 Å². The molecule has 0 aromatic carbocycles. The van der Waals surface area contributed by atoms with E-state index in [0.717, 1.165) is 11.8 Å². The van der Waals surface area contributed by atoms with Crippen LogP contribution in [0.2, 0.25) is 0 Å². The first-order valence-electron chi connectivity index (χ1n) is 3.58. The Kier molecular flexibility index (Phi) is 3.96. The second-order valence-electron chi connectivity index (χ2n) is 2.60. The summed E-state index contributed by atoms with van der Waals surface area (Å²) in [6, 6.07) is 0. The summed E-state index contributed by atoms with van der Waals surface area (Å²) < 4.78 is 21.7. The number of allylic oxidation sites excluding steroid dienone is 4. The molecule has 0 spiro atoms. The zero-order valence-electron chi connectivity index (χ0n) is 7.66. The van der Waals surface area contributed by atoms with Gasteiger partial charge < -0.3 is 0 Å². The SMILES string of the molecule is C=C(/C=C\C(C)=C/C)S(C)(=O)=O. The third-order valence-corrected chi connectivity index (χ3v) is 2.55. The first-order chi connectivity index (χ1) is 5.38. The fraction of sp³-hybridized carbons (Fsp3) is 0.333. The highest BCUT2D eigenvalue weighted by molar-refractivity contribution is 7.94. The summed E-state index contributed by atoms with van der Waals surface area (Å²) in [4.78, 5) is 0.142. The van der Waals surface area contributed by atoms with Crippen molar-refractivity contribution in [2.45, 2.75) is 13.8 Å². The summed E-state index contributed by atoms with van der Waals surface area (Å²) in [5.41, 5.74) is 1.01. The van der Waals surface area contributed by atoms with Gasteiger partial charge in [-0.2, -0.15) is 0 Å². The van der Waals surface area contributed by atoms with Crippen molar-refractivity contribution in [3.8, 4) is 0 Å². The van der Waals surface area contributed by atoms with Gasteiger partial charge in [-0.3, -0.25) is 0 Å². The Labute approximate surface area is 74.2 Å². The van der Waals surface area contributed by atoms with E-state index in [0.29, 0.717) is 0 Å². The lowest BCUT2D eigenvalue weighted by atomic mass is 10.3. The Balaban J connectivity index is 4.51. The topological polar surface area (TPSA) is 34.1 Å². The lowest BCUT2D eigenvalue weighted by Crippen LogP contribution is -1.96. The van der Waals surface area contributed by atoms with E-state index in [-0.39, 0.29) is 4.91 Å². The Morgan fingerprint density at radius 3 is 2.17 bits per heavy atom. The van der Waals surface area contributed by atoms with E-state index in [4.69, 9.17) is 0 Å². The number of rotatable bonds is 3. The summed E-state index contributed by atoms with van der Waals surface area (Å²) in [5, 5.41) is 0. The van der Waals surface area contributed by atoms with Gasteiger partial charge in [0.1, 0.15) is 0 Å². The molecule has 0 aromatic rings. The smallest absolute Gasteiger partial charge is 0.174 e. The molecule has 0 heterocycles. The Morgan fingerprint density at radius 2 is 1.83 bits per heavy atom. The van der Waals surface area contributed by atoms with E-state index in [2.05, 4.69) is 6.58 Å². The molecule has 0 fully saturated rings. The Morgan fingerprint density at radius 1 is 1.33 bits per heavy atom. The highest BCUT2D eigenvalue weighted by atomic mass is 32.2. The van der Waals surface area contributed by atoms with Crippen LogP contribution in [-0.2, 0) is 9.84 Å². The van der Waals surface area contributed by atoms with Gasteiger partial charge in [0.05, 0.1) is 4.91 Å². The molecule has 2 nitrogen and oxygen atoms in total. The van der Waals surface area contributed by atoms with E-state index in [1.807, 2.05) is 19.9 Å². The molecular formula is C9H14O2S. The van der Waals surface area contributed by atoms with Crippen molar-refractivity contribution in [3.05, 3.63) is 35.3 Å². The van der Waals surface area contributed by atoms with Gasteiger partial charge in [0.2, 0.25) is 0 Å². The maximum atomic E-state index is 10.9. The molecule has 0 N–H and O–H groups in total. The van der Waals surface area contributed by atoms with Gasteiger partial charge in [0.25, 0.3) is 0 Å². The maximum absolute atomic E-state index is 10.9. The van der Waals surface area contributed by atoms with Crippen molar-refractivity contribution in [3.63, 3.8) is 0 Å². The summed E-state index contributed by atoms with van der Waals surface area (Å²) >= 11 is 0. The van der Waals surface area contributed by atoms with Crippen LogP contribution in [0, 0.1) is 0 Å². The molecule has 0 saturated carbocycles. The van der Waals surface area contributed by atoms with Crippen LogP contribution in [0.1, 0.15) is 13.8 Å². The molecule has 0 saturated heterocycles. The van der Waals surface area contributed by atoms with Gasteiger partial charge in [0.15, 0.2) is 9.84 Å². The van der Waals surface area contributed by atoms with Crippen molar-refractivity contribution in [2.24, 2.45) is 0 Å². The van der Waals surface area contributed by atoms with Gasteiger partial charge in [-0.05, 0) is 19.9 Å². The van der Waals surface area contributed by atoms with Crippen LogP contribution in [0.3, 0.4) is 0 Å². The predicted molar refractivity (Wildman–Crippen MR) is 52.6 cm³/mol. The third-order valence-electron chi connectivity index (χ3n) is 1.46. The zero-order chi connectivity index (χ0) is 9.78. The van der Waals surface area contributed by atoms with Crippen molar-refractivity contribution in [1.82, 2.24) is 0 Å². The highest BCUT2D eigenvalue weighted by Gasteiger charge is 2.02. The van der Waals surface area contributed by atoms with Crippen LogP contribution < -0.4 is 0 Å². The zero-order valence-corrected chi connectivity index (χ0v) is 8.48. The molecule has 0 aliphatic rings. The van der Waals surface area contributed by atoms with E-state index < -0.39 is 9.84 Å². The first kappa shape index (κ1) is 11.2. The van der Waals surface area contributed by atoms with Gasteiger partial charge in [-0.15, -0.1) is 0 Å². The quantitative estimate of drug-likeness (QED) is 0.632. The number of hydrogen-bond acceptors (Lipinski definition) is 2. The van der Waals surface area contributed by atoms with E-state index >= 15 is 0 Å². The Bertz CT molecular complexity index is 318. The third kappa shape index (κ3) is 4.13. The van der Waals surface area contributed by atoms with Crippen molar-refractivity contribution < 1.29 is 8.42 Å². The molecule has 0 bridgehead atoms. The van der Waals surface area contributed by atoms with Gasteiger partial charge >= 0.3 is 0 Å². The minimum atomic E-state index is -3.12. The molecule has 0 aliphatic carbocycles. The van der Waals surface area contributed by atoms with Gasteiger partial charge in [-0.25, -0.2) is 8.42 Å². The largest absolute Gasteiger partial charge is 0.224 e. The lowest BCUT2D eigenvalue weighted by molar-refractivity contribution is 0.608.